The van der Waals surface area contributed by atoms with Gasteiger partial charge in [0.15, 0.2) is 0 Å². The molecule has 9 aromatic carbocycles. The summed E-state index contributed by atoms with van der Waals surface area (Å²) in [7, 11) is 0. The van der Waals surface area contributed by atoms with Gasteiger partial charge in [-0.3, -0.25) is 0 Å². The standard InChI is InChI=1S/C48H31NO/c1-2-10-32(11-3-1)35-14-8-16-40(27-35)49(41-17-9-15-36(28-41)37-21-20-33-12-4-5-13-34(33)26-37)42-24-25-43-38(29-42)22-23-39-30-48-46(31-45(39)43)44-18-6-7-19-47(44)50-48/h1-31H. The number of hydrogen-bond donors (Lipinski definition) is 0. The van der Waals surface area contributed by atoms with Crippen LogP contribution in [-0.4, -0.2) is 0 Å². The topological polar surface area (TPSA) is 16.4 Å². The van der Waals surface area contributed by atoms with Crippen LogP contribution in [0.5, 0.6) is 0 Å². The number of nitrogens with zero attached hydrogens (tertiary/aromatic N) is 1. The predicted octanol–water partition coefficient (Wildman–Crippen LogP) is 13.8. The van der Waals surface area contributed by atoms with Crippen molar-refractivity contribution in [2.45, 2.75) is 0 Å². The molecule has 0 fully saturated rings. The number of fused-ring (bicyclic) bond motifs is 7. The molecule has 0 aliphatic heterocycles. The van der Waals surface area contributed by atoms with Gasteiger partial charge in [-0.25, -0.2) is 0 Å². The Hall–Kier alpha value is -6.64. The van der Waals surface area contributed by atoms with Gasteiger partial charge in [-0.15, -0.1) is 0 Å². The van der Waals surface area contributed by atoms with Crippen molar-refractivity contribution < 1.29 is 4.42 Å². The van der Waals surface area contributed by atoms with Crippen LogP contribution in [0.3, 0.4) is 0 Å². The Morgan fingerprint density at radius 1 is 0.280 bits per heavy atom. The molecule has 0 unspecified atom stereocenters. The highest BCUT2D eigenvalue weighted by Gasteiger charge is 2.17. The number of benzene rings is 9. The smallest absolute Gasteiger partial charge is 0.136 e. The Morgan fingerprint density at radius 2 is 0.900 bits per heavy atom. The van der Waals surface area contributed by atoms with Crippen LogP contribution in [0, 0.1) is 0 Å². The van der Waals surface area contributed by atoms with E-state index in [0.717, 1.165) is 39.0 Å². The number of furan rings is 1. The van der Waals surface area contributed by atoms with Crippen molar-refractivity contribution in [2.24, 2.45) is 0 Å². The lowest BCUT2D eigenvalue weighted by atomic mass is 9.98. The molecule has 0 spiro atoms. The van der Waals surface area contributed by atoms with E-state index in [4.69, 9.17) is 4.42 Å². The lowest BCUT2D eigenvalue weighted by Gasteiger charge is -2.27. The van der Waals surface area contributed by atoms with E-state index in [2.05, 4.69) is 181 Å². The van der Waals surface area contributed by atoms with E-state index in [9.17, 15) is 0 Å². The predicted molar refractivity (Wildman–Crippen MR) is 212 cm³/mol. The summed E-state index contributed by atoms with van der Waals surface area (Å²) in [5, 5.41) is 9.60. The van der Waals surface area contributed by atoms with Gasteiger partial charge in [-0.05, 0) is 115 Å². The van der Waals surface area contributed by atoms with Crippen molar-refractivity contribution in [1.82, 2.24) is 0 Å². The fourth-order valence-electron chi connectivity index (χ4n) is 7.51. The Kier molecular flexibility index (Phi) is 6.53. The molecule has 0 bridgehead atoms. The van der Waals surface area contributed by atoms with Gasteiger partial charge < -0.3 is 9.32 Å². The molecule has 10 rings (SSSR count). The summed E-state index contributed by atoms with van der Waals surface area (Å²) in [6.45, 7) is 0. The van der Waals surface area contributed by atoms with Gasteiger partial charge in [0, 0.05) is 27.8 Å². The molecule has 0 N–H and O–H groups in total. The highest BCUT2D eigenvalue weighted by Crippen LogP contribution is 2.41. The van der Waals surface area contributed by atoms with E-state index in [1.807, 2.05) is 12.1 Å². The van der Waals surface area contributed by atoms with Crippen molar-refractivity contribution in [2.75, 3.05) is 4.90 Å². The zero-order chi connectivity index (χ0) is 33.0. The Balaban J connectivity index is 1.15. The third kappa shape index (κ3) is 4.81. The molecule has 0 saturated heterocycles. The van der Waals surface area contributed by atoms with E-state index in [1.54, 1.807) is 0 Å². The number of rotatable bonds is 5. The maximum Gasteiger partial charge on any atom is 0.136 e. The molecule has 50 heavy (non-hydrogen) atoms. The zero-order valence-electron chi connectivity index (χ0n) is 27.3. The average Bonchev–Trinajstić information content (AvgIpc) is 3.55. The maximum absolute atomic E-state index is 6.22. The summed E-state index contributed by atoms with van der Waals surface area (Å²) in [4.78, 5) is 2.38. The van der Waals surface area contributed by atoms with E-state index < -0.39 is 0 Å². The molecule has 0 radical (unpaired) electrons. The van der Waals surface area contributed by atoms with E-state index in [1.165, 1.54) is 54.6 Å². The fraction of sp³-hybridized carbons (Fsp3) is 0. The second-order valence-electron chi connectivity index (χ2n) is 13.0. The van der Waals surface area contributed by atoms with Crippen molar-refractivity contribution in [3.05, 3.63) is 188 Å². The second-order valence-corrected chi connectivity index (χ2v) is 13.0. The van der Waals surface area contributed by atoms with E-state index in [-0.39, 0.29) is 0 Å². The maximum atomic E-state index is 6.22. The molecule has 1 aromatic heterocycles. The molecule has 0 aliphatic carbocycles. The first-order valence-corrected chi connectivity index (χ1v) is 17.1. The van der Waals surface area contributed by atoms with E-state index >= 15 is 0 Å². The van der Waals surface area contributed by atoms with Crippen LogP contribution in [0.4, 0.5) is 17.1 Å². The average molecular weight is 638 g/mol. The first-order chi connectivity index (χ1) is 24.7. The third-order valence-electron chi connectivity index (χ3n) is 9.97. The number of para-hydroxylation sites is 1. The van der Waals surface area contributed by atoms with Crippen LogP contribution in [0.25, 0.3) is 76.5 Å². The van der Waals surface area contributed by atoms with Crippen LogP contribution in [0.15, 0.2) is 192 Å². The lowest BCUT2D eigenvalue weighted by Crippen LogP contribution is -2.10. The van der Waals surface area contributed by atoms with Gasteiger partial charge in [0.25, 0.3) is 0 Å². The van der Waals surface area contributed by atoms with Crippen LogP contribution in [0.1, 0.15) is 0 Å². The molecule has 2 nitrogen and oxygen atoms in total. The quantitative estimate of drug-likeness (QED) is 0.175. The summed E-state index contributed by atoms with van der Waals surface area (Å²) < 4.78 is 6.22. The summed E-state index contributed by atoms with van der Waals surface area (Å²) in [5.74, 6) is 0. The fourth-order valence-corrected chi connectivity index (χ4v) is 7.51. The van der Waals surface area contributed by atoms with Crippen molar-refractivity contribution in [3.63, 3.8) is 0 Å². The number of anilines is 3. The Morgan fingerprint density at radius 3 is 1.72 bits per heavy atom. The Bertz CT molecular complexity index is 2880. The molecule has 0 aliphatic rings. The zero-order valence-corrected chi connectivity index (χ0v) is 27.3. The largest absolute Gasteiger partial charge is 0.456 e. The summed E-state index contributed by atoms with van der Waals surface area (Å²) >= 11 is 0. The highest BCUT2D eigenvalue weighted by atomic mass is 16.3. The molecule has 1 heterocycles. The van der Waals surface area contributed by atoms with Gasteiger partial charge in [0.05, 0.1) is 0 Å². The molecule has 10 aromatic rings. The van der Waals surface area contributed by atoms with Crippen LogP contribution >= 0.6 is 0 Å². The van der Waals surface area contributed by atoms with Gasteiger partial charge in [0.2, 0.25) is 0 Å². The van der Waals surface area contributed by atoms with Crippen LogP contribution in [-0.2, 0) is 0 Å². The third-order valence-corrected chi connectivity index (χ3v) is 9.97. The van der Waals surface area contributed by atoms with Crippen LogP contribution < -0.4 is 4.90 Å². The normalized spacial score (nSPS) is 11.6. The highest BCUT2D eigenvalue weighted by molar-refractivity contribution is 6.16. The van der Waals surface area contributed by atoms with Gasteiger partial charge >= 0.3 is 0 Å². The van der Waals surface area contributed by atoms with Crippen molar-refractivity contribution in [1.29, 1.82) is 0 Å². The second kappa shape index (κ2) is 11.5. The van der Waals surface area contributed by atoms with Crippen molar-refractivity contribution in [3.8, 4) is 22.3 Å². The minimum absolute atomic E-state index is 0.920. The van der Waals surface area contributed by atoms with Gasteiger partial charge in [-0.2, -0.15) is 0 Å². The number of hydrogen-bond acceptors (Lipinski definition) is 2. The SMILES string of the molecule is c1ccc(-c2cccc(N(c3cccc(-c4ccc5ccccc5c4)c3)c3ccc4c(ccc5cc6oc7ccccc7c6cc54)c3)c2)cc1. The monoisotopic (exact) mass is 637 g/mol. The molecular weight excluding hydrogens is 607 g/mol. The molecule has 0 atom stereocenters. The first-order valence-electron chi connectivity index (χ1n) is 17.1. The molecule has 0 amide bonds. The minimum atomic E-state index is 0.920. The molecule has 234 valence electrons. The van der Waals surface area contributed by atoms with Gasteiger partial charge in [0.1, 0.15) is 11.2 Å². The van der Waals surface area contributed by atoms with Crippen LogP contribution in [0.2, 0.25) is 0 Å². The molecular formula is C48H31NO. The summed E-state index contributed by atoms with van der Waals surface area (Å²) in [6.07, 6.45) is 0. The summed E-state index contributed by atoms with van der Waals surface area (Å²) in [5.41, 5.74) is 9.92. The minimum Gasteiger partial charge on any atom is -0.456 e. The van der Waals surface area contributed by atoms with Crippen molar-refractivity contribution >= 4 is 71.3 Å². The first kappa shape index (κ1) is 28.4. The van der Waals surface area contributed by atoms with E-state index in [0.29, 0.717) is 0 Å². The lowest BCUT2D eigenvalue weighted by molar-refractivity contribution is 0.669. The Labute approximate surface area is 290 Å². The molecule has 2 heteroatoms. The van der Waals surface area contributed by atoms with Gasteiger partial charge in [-0.1, -0.05) is 127 Å². The molecule has 0 saturated carbocycles. The summed E-state index contributed by atoms with van der Waals surface area (Å²) in [6, 6.07) is 67.7.